The zero-order valence-corrected chi connectivity index (χ0v) is 18.9. The van der Waals surface area contributed by atoms with Gasteiger partial charge in [0.1, 0.15) is 5.54 Å². The Morgan fingerprint density at radius 1 is 1.30 bits per heavy atom. The van der Waals surface area contributed by atoms with Gasteiger partial charge < -0.3 is 5.32 Å². The van der Waals surface area contributed by atoms with Gasteiger partial charge in [-0.05, 0) is 92.5 Å². The van der Waals surface area contributed by atoms with Crippen LogP contribution in [0, 0.1) is 11.3 Å². The van der Waals surface area contributed by atoms with Crippen LogP contribution in [0.25, 0.3) is 5.57 Å². The van der Waals surface area contributed by atoms with Crippen LogP contribution >= 0.6 is 0 Å². The lowest BCUT2D eigenvalue weighted by molar-refractivity contribution is -0.161. The lowest BCUT2D eigenvalue weighted by atomic mass is 9.50. The molecule has 4 aliphatic heterocycles. The van der Waals surface area contributed by atoms with Crippen LogP contribution in [-0.4, -0.2) is 35.0 Å². The maximum atomic E-state index is 13.3. The van der Waals surface area contributed by atoms with E-state index in [1.165, 1.54) is 23.1 Å². The molecular weight excluding hydrogens is 368 g/mol. The van der Waals surface area contributed by atoms with Crippen LogP contribution in [0.4, 0.5) is 0 Å². The van der Waals surface area contributed by atoms with E-state index in [2.05, 4.69) is 62.2 Å². The molecule has 1 aromatic rings. The number of hydrogen-bond donors (Lipinski definition) is 1. The SMILES string of the molecule is CC(C)=CCc1cccc2c1CC1=C2CC23CN4CCCC4(CC2C1(C)C)C(=O)N3. The fourth-order valence-electron chi connectivity index (χ4n) is 7.79. The average molecular weight is 403 g/mol. The molecule has 7 rings (SSSR count). The predicted molar refractivity (Wildman–Crippen MR) is 121 cm³/mol. The summed E-state index contributed by atoms with van der Waals surface area (Å²) in [6.45, 7) is 11.4. The van der Waals surface area contributed by atoms with Crippen molar-refractivity contribution >= 4 is 11.5 Å². The molecule has 0 saturated carbocycles. The maximum absolute atomic E-state index is 13.3. The van der Waals surface area contributed by atoms with E-state index in [0.717, 1.165) is 45.2 Å². The molecular formula is C27H34N2O. The first-order valence-corrected chi connectivity index (χ1v) is 11.8. The number of piperazine rings is 1. The second kappa shape index (κ2) is 5.88. The Bertz CT molecular complexity index is 1030. The summed E-state index contributed by atoms with van der Waals surface area (Å²) < 4.78 is 0. The van der Waals surface area contributed by atoms with Crippen molar-refractivity contribution in [2.24, 2.45) is 11.3 Å². The highest BCUT2D eigenvalue weighted by atomic mass is 16.2. The topological polar surface area (TPSA) is 32.3 Å². The predicted octanol–water partition coefficient (Wildman–Crippen LogP) is 4.66. The molecule has 2 bridgehead atoms. The third kappa shape index (κ3) is 2.22. The molecule has 3 atom stereocenters. The average Bonchev–Trinajstić information content (AvgIpc) is 3.28. The van der Waals surface area contributed by atoms with E-state index in [-0.39, 0.29) is 16.5 Å². The minimum absolute atomic E-state index is 0.0942. The summed E-state index contributed by atoms with van der Waals surface area (Å²) in [4.78, 5) is 15.8. The maximum Gasteiger partial charge on any atom is 0.241 e. The molecule has 4 saturated heterocycles. The van der Waals surface area contributed by atoms with E-state index in [9.17, 15) is 4.79 Å². The van der Waals surface area contributed by atoms with E-state index in [0.29, 0.717) is 11.8 Å². The molecule has 1 N–H and O–H groups in total. The summed E-state index contributed by atoms with van der Waals surface area (Å²) >= 11 is 0. The van der Waals surface area contributed by atoms with Crippen molar-refractivity contribution in [1.82, 2.24) is 10.2 Å². The van der Waals surface area contributed by atoms with Gasteiger partial charge in [0.05, 0.1) is 5.54 Å². The minimum atomic E-state index is -0.220. The molecule has 4 fully saturated rings. The van der Waals surface area contributed by atoms with Crippen molar-refractivity contribution in [3.05, 3.63) is 52.1 Å². The number of carbonyl (C=O) groups is 1. The van der Waals surface area contributed by atoms with Crippen molar-refractivity contribution < 1.29 is 4.79 Å². The van der Waals surface area contributed by atoms with Crippen molar-refractivity contribution in [2.45, 2.75) is 77.3 Å². The lowest BCUT2D eigenvalue weighted by Crippen LogP contribution is -2.81. The fourth-order valence-corrected chi connectivity index (χ4v) is 7.79. The molecule has 2 spiro atoms. The third-order valence-corrected chi connectivity index (χ3v) is 9.28. The molecule has 6 aliphatic rings. The number of nitrogens with one attached hydrogen (secondary N) is 1. The summed E-state index contributed by atoms with van der Waals surface area (Å²) in [5, 5.41) is 3.62. The molecule has 158 valence electrons. The van der Waals surface area contributed by atoms with E-state index in [1.807, 2.05) is 0 Å². The van der Waals surface area contributed by atoms with Crippen molar-refractivity contribution in [2.75, 3.05) is 13.1 Å². The molecule has 3 unspecified atom stereocenters. The summed E-state index contributed by atoms with van der Waals surface area (Å²) in [6, 6.07) is 6.90. The molecule has 1 aromatic carbocycles. The van der Waals surface area contributed by atoms with E-state index in [4.69, 9.17) is 0 Å². The lowest BCUT2D eigenvalue weighted by Gasteiger charge is -2.66. The van der Waals surface area contributed by atoms with Gasteiger partial charge in [0.2, 0.25) is 5.91 Å². The van der Waals surface area contributed by atoms with Crippen LogP contribution in [0.2, 0.25) is 0 Å². The Balaban J connectivity index is 1.45. The van der Waals surface area contributed by atoms with Crippen molar-refractivity contribution in [3.8, 4) is 0 Å². The first kappa shape index (κ1) is 18.9. The van der Waals surface area contributed by atoms with E-state index >= 15 is 0 Å². The molecule has 2 aliphatic carbocycles. The largest absolute Gasteiger partial charge is 0.347 e. The number of allylic oxidation sites excluding steroid dienone is 3. The van der Waals surface area contributed by atoms with Gasteiger partial charge in [-0.15, -0.1) is 0 Å². The van der Waals surface area contributed by atoms with Crippen molar-refractivity contribution in [1.29, 1.82) is 0 Å². The van der Waals surface area contributed by atoms with Crippen LogP contribution in [0.3, 0.4) is 0 Å². The van der Waals surface area contributed by atoms with Crippen LogP contribution in [0.15, 0.2) is 35.4 Å². The molecule has 0 aromatic heterocycles. The van der Waals surface area contributed by atoms with Gasteiger partial charge in [-0.25, -0.2) is 0 Å². The molecule has 1 amide bonds. The van der Waals surface area contributed by atoms with Crippen LogP contribution in [0.5, 0.6) is 0 Å². The monoisotopic (exact) mass is 402 g/mol. The highest BCUT2D eigenvalue weighted by Gasteiger charge is 2.68. The summed E-state index contributed by atoms with van der Waals surface area (Å²) in [5.41, 5.74) is 8.87. The normalized spacial score (nSPS) is 35.5. The summed E-state index contributed by atoms with van der Waals surface area (Å²) in [7, 11) is 0. The van der Waals surface area contributed by atoms with Crippen LogP contribution in [-0.2, 0) is 17.6 Å². The van der Waals surface area contributed by atoms with Crippen LogP contribution in [0.1, 0.15) is 70.1 Å². The second-order valence-corrected chi connectivity index (χ2v) is 11.4. The van der Waals surface area contributed by atoms with Crippen molar-refractivity contribution in [3.63, 3.8) is 0 Å². The van der Waals surface area contributed by atoms with Gasteiger partial charge in [-0.2, -0.15) is 0 Å². The van der Waals surface area contributed by atoms with Gasteiger partial charge in [0.25, 0.3) is 0 Å². The molecule has 3 heteroatoms. The Morgan fingerprint density at radius 2 is 2.13 bits per heavy atom. The number of piperidine rings is 2. The smallest absolute Gasteiger partial charge is 0.241 e. The standard InChI is InChI=1S/C27H34N2O/c1-17(2)9-10-18-7-5-8-19-20(18)13-22-21(19)14-26-16-29-12-6-11-27(29,24(30)28-26)15-23(26)25(22,3)4/h5,7-9,23H,6,10-16H2,1-4H3,(H,28,30). The van der Waals surface area contributed by atoms with E-state index in [1.54, 1.807) is 16.7 Å². The Morgan fingerprint density at radius 3 is 2.93 bits per heavy atom. The number of benzene rings is 1. The van der Waals surface area contributed by atoms with Crippen LogP contribution < -0.4 is 5.32 Å². The zero-order valence-electron chi connectivity index (χ0n) is 18.9. The van der Waals surface area contributed by atoms with Gasteiger partial charge in [-0.3, -0.25) is 9.69 Å². The second-order valence-electron chi connectivity index (χ2n) is 11.4. The number of hydrogen-bond acceptors (Lipinski definition) is 2. The molecule has 30 heavy (non-hydrogen) atoms. The Kier molecular flexibility index (Phi) is 3.70. The third-order valence-electron chi connectivity index (χ3n) is 9.28. The van der Waals surface area contributed by atoms with Gasteiger partial charge in [0.15, 0.2) is 0 Å². The fraction of sp³-hybridized carbons (Fsp3) is 0.593. The summed E-state index contributed by atoms with van der Waals surface area (Å²) in [6.07, 6.45) is 8.74. The van der Waals surface area contributed by atoms with Gasteiger partial charge in [0, 0.05) is 6.54 Å². The number of fused-ring (bicyclic) bond motifs is 3. The highest BCUT2D eigenvalue weighted by molar-refractivity contribution is 5.91. The Hall–Kier alpha value is -1.87. The van der Waals surface area contributed by atoms with Gasteiger partial charge in [-0.1, -0.05) is 49.3 Å². The van der Waals surface area contributed by atoms with E-state index < -0.39 is 0 Å². The summed E-state index contributed by atoms with van der Waals surface area (Å²) in [5.74, 6) is 0.851. The zero-order chi connectivity index (χ0) is 20.9. The first-order valence-electron chi connectivity index (χ1n) is 11.8. The molecule has 4 heterocycles. The highest BCUT2D eigenvalue weighted by Crippen LogP contribution is 2.63. The number of rotatable bonds is 2. The molecule has 0 radical (unpaired) electrons. The quantitative estimate of drug-likeness (QED) is 0.730. The minimum Gasteiger partial charge on any atom is -0.347 e. The number of amides is 1. The number of carbonyl (C=O) groups excluding carboxylic acids is 1. The number of nitrogens with zero attached hydrogens (tertiary/aromatic N) is 1. The van der Waals surface area contributed by atoms with Gasteiger partial charge >= 0.3 is 0 Å². The first-order chi connectivity index (χ1) is 14.3. The molecule has 3 nitrogen and oxygen atoms in total. The Labute approximate surface area is 180 Å².